The lowest BCUT2D eigenvalue weighted by molar-refractivity contribution is 0.357. The van der Waals surface area contributed by atoms with Crippen LogP contribution in [0.2, 0.25) is 0 Å². The highest BCUT2D eigenvalue weighted by Crippen LogP contribution is 2.54. The lowest BCUT2D eigenvalue weighted by Gasteiger charge is -2.20. The van der Waals surface area contributed by atoms with Gasteiger partial charge in [-0.3, -0.25) is 4.57 Å². The molecule has 0 bridgehead atoms. The molecule has 0 aliphatic carbocycles. The molecule has 1 aromatic carbocycles. The van der Waals surface area contributed by atoms with Crippen molar-refractivity contribution in [2.75, 3.05) is 0 Å². The van der Waals surface area contributed by atoms with Gasteiger partial charge in [0.1, 0.15) is 5.75 Å². The van der Waals surface area contributed by atoms with Crippen LogP contribution in [0.5, 0.6) is 5.75 Å². The van der Waals surface area contributed by atoms with Crippen LogP contribution >= 0.6 is 7.60 Å². The summed E-state index contributed by atoms with van der Waals surface area (Å²) >= 11 is 0. The van der Waals surface area contributed by atoms with Gasteiger partial charge in [-0.05, 0) is 48.8 Å². The molecule has 1 rings (SSSR count). The predicted octanol–water partition coefficient (Wildman–Crippen LogP) is 4.71. The molecule has 5 heteroatoms. The second-order valence-electron chi connectivity index (χ2n) is 5.91. The first-order chi connectivity index (χ1) is 10.3. The van der Waals surface area contributed by atoms with Gasteiger partial charge < -0.3 is 14.9 Å². The molecule has 0 radical (unpaired) electrons. The van der Waals surface area contributed by atoms with Crippen molar-refractivity contribution < 1.29 is 19.5 Å². The average molecular weight is 328 g/mol. The first kappa shape index (κ1) is 19.2. The zero-order chi connectivity index (χ0) is 16.8. The van der Waals surface area contributed by atoms with Gasteiger partial charge in [-0.1, -0.05) is 45.7 Å². The first-order valence-corrected chi connectivity index (χ1v) is 9.93. The van der Waals surface area contributed by atoms with Crippen LogP contribution in [0.1, 0.15) is 75.2 Å². The lowest BCUT2D eigenvalue weighted by Crippen LogP contribution is -2.02. The van der Waals surface area contributed by atoms with E-state index in [9.17, 15) is 19.5 Å². The van der Waals surface area contributed by atoms with Crippen molar-refractivity contribution in [1.82, 2.24) is 0 Å². The summed E-state index contributed by atoms with van der Waals surface area (Å²) in [6.45, 7) is 5.96. The summed E-state index contributed by atoms with van der Waals surface area (Å²) in [5.41, 5.74) is 1.51. The smallest absolute Gasteiger partial charge is 0.332 e. The molecule has 0 amide bonds. The largest absolute Gasteiger partial charge is 0.507 e. The molecule has 3 N–H and O–H groups in total. The SMILES string of the molecule is CCCCc1cc(C(CC)P(=O)(O)O)cc(CCCC)c1O. The Bertz CT molecular complexity index is 492. The summed E-state index contributed by atoms with van der Waals surface area (Å²) < 4.78 is 11.7. The quantitative estimate of drug-likeness (QED) is 0.574. The topological polar surface area (TPSA) is 77.8 Å². The normalized spacial score (nSPS) is 13.3. The van der Waals surface area contributed by atoms with Gasteiger partial charge in [-0.2, -0.15) is 0 Å². The van der Waals surface area contributed by atoms with Gasteiger partial charge in [0, 0.05) is 0 Å². The third kappa shape index (κ3) is 5.12. The Kier molecular flexibility index (Phi) is 7.61. The Hall–Kier alpha value is -0.830. The van der Waals surface area contributed by atoms with E-state index in [2.05, 4.69) is 13.8 Å². The van der Waals surface area contributed by atoms with Gasteiger partial charge in [0.15, 0.2) is 0 Å². The summed E-state index contributed by atoms with van der Waals surface area (Å²) in [6.07, 6.45) is 5.82. The van der Waals surface area contributed by atoms with Crippen LogP contribution in [0, 0.1) is 0 Å². The van der Waals surface area contributed by atoms with Crippen LogP contribution < -0.4 is 0 Å². The molecule has 0 fully saturated rings. The van der Waals surface area contributed by atoms with Crippen LogP contribution in [0.25, 0.3) is 0 Å². The summed E-state index contributed by atoms with van der Waals surface area (Å²) in [7, 11) is -4.19. The molecule has 1 aromatic rings. The number of unbranched alkanes of at least 4 members (excludes halogenated alkanes) is 2. The van der Waals surface area contributed by atoms with E-state index in [4.69, 9.17) is 0 Å². The van der Waals surface area contributed by atoms with Gasteiger partial charge in [0.05, 0.1) is 5.66 Å². The maximum absolute atomic E-state index is 11.7. The van der Waals surface area contributed by atoms with Crippen LogP contribution in [-0.4, -0.2) is 14.9 Å². The molecule has 0 heterocycles. The minimum atomic E-state index is -4.19. The molecule has 0 aliphatic heterocycles. The molecule has 0 aromatic heterocycles. The number of benzene rings is 1. The Morgan fingerprint density at radius 2 is 1.45 bits per heavy atom. The molecule has 22 heavy (non-hydrogen) atoms. The molecule has 1 unspecified atom stereocenters. The van der Waals surface area contributed by atoms with Gasteiger partial charge >= 0.3 is 7.60 Å². The van der Waals surface area contributed by atoms with Crippen LogP contribution in [0.4, 0.5) is 0 Å². The lowest BCUT2D eigenvalue weighted by atomic mass is 9.95. The Morgan fingerprint density at radius 1 is 1.00 bits per heavy atom. The van der Waals surface area contributed by atoms with Gasteiger partial charge in [-0.15, -0.1) is 0 Å². The van der Waals surface area contributed by atoms with Crippen molar-refractivity contribution in [1.29, 1.82) is 0 Å². The van der Waals surface area contributed by atoms with E-state index in [1.54, 1.807) is 19.1 Å². The predicted molar refractivity (Wildman–Crippen MR) is 90.4 cm³/mol. The first-order valence-electron chi connectivity index (χ1n) is 8.24. The maximum atomic E-state index is 11.7. The van der Waals surface area contributed by atoms with E-state index in [0.29, 0.717) is 17.7 Å². The second kappa shape index (κ2) is 8.71. The molecular formula is C17H29O4P. The highest BCUT2D eigenvalue weighted by molar-refractivity contribution is 7.52. The van der Waals surface area contributed by atoms with E-state index in [1.165, 1.54) is 0 Å². The van der Waals surface area contributed by atoms with Crippen molar-refractivity contribution in [3.8, 4) is 5.75 Å². The molecule has 1 atom stereocenters. The fourth-order valence-electron chi connectivity index (χ4n) is 2.76. The number of phenols is 1. The number of aryl methyl sites for hydroxylation is 2. The molecule has 126 valence electrons. The average Bonchev–Trinajstić information content (AvgIpc) is 2.45. The van der Waals surface area contributed by atoms with Crippen molar-refractivity contribution in [2.45, 2.75) is 71.4 Å². The highest BCUT2D eigenvalue weighted by Gasteiger charge is 2.29. The minimum Gasteiger partial charge on any atom is -0.507 e. The number of hydrogen-bond acceptors (Lipinski definition) is 2. The summed E-state index contributed by atoms with van der Waals surface area (Å²) in [5.74, 6) is 0.311. The molecule has 0 aliphatic rings. The fraction of sp³-hybridized carbons (Fsp3) is 0.647. The molecule has 0 spiro atoms. The highest BCUT2D eigenvalue weighted by atomic mass is 31.2. The molecular weight excluding hydrogens is 299 g/mol. The number of phenolic OH excluding ortho intramolecular Hbond substituents is 1. The van der Waals surface area contributed by atoms with Gasteiger partial charge in [0.2, 0.25) is 0 Å². The van der Waals surface area contributed by atoms with Crippen molar-refractivity contribution in [3.63, 3.8) is 0 Å². The maximum Gasteiger partial charge on any atom is 0.332 e. The third-order valence-corrected chi connectivity index (χ3v) is 5.54. The number of hydrogen-bond donors (Lipinski definition) is 3. The van der Waals surface area contributed by atoms with Crippen LogP contribution in [0.3, 0.4) is 0 Å². The monoisotopic (exact) mass is 328 g/mol. The Labute approximate surface area is 133 Å². The molecule has 0 saturated carbocycles. The number of aromatic hydroxyl groups is 1. The van der Waals surface area contributed by atoms with Crippen LogP contribution in [0.15, 0.2) is 12.1 Å². The van der Waals surface area contributed by atoms with Crippen molar-refractivity contribution >= 4 is 7.60 Å². The fourth-order valence-corrected chi connectivity index (χ4v) is 3.78. The second-order valence-corrected chi connectivity index (χ2v) is 7.71. The minimum absolute atomic E-state index is 0.311. The Morgan fingerprint density at radius 3 is 1.77 bits per heavy atom. The van der Waals surface area contributed by atoms with Crippen molar-refractivity contribution in [2.24, 2.45) is 0 Å². The van der Waals surface area contributed by atoms with E-state index in [0.717, 1.165) is 49.7 Å². The summed E-state index contributed by atoms with van der Waals surface area (Å²) in [4.78, 5) is 19.2. The third-order valence-electron chi connectivity index (χ3n) is 4.07. The van der Waals surface area contributed by atoms with Crippen LogP contribution in [-0.2, 0) is 17.4 Å². The summed E-state index contributed by atoms with van der Waals surface area (Å²) in [6, 6.07) is 3.57. The zero-order valence-corrected chi connectivity index (χ0v) is 14.8. The van der Waals surface area contributed by atoms with Gasteiger partial charge in [-0.25, -0.2) is 0 Å². The standard InChI is InChI=1S/C17H29O4P/c1-4-7-9-13-11-15(16(6-3)22(19,20)21)12-14(17(13)18)10-8-5-2/h11-12,16,18H,4-10H2,1-3H3,(H2,19,20,21). The summed E-state index contributed by atoms with van der Waals surface area (Å²) in [5, 5.41) is 10.4. The van der Waals surface area contributed by atoms with E-state index >= 15 is 0 Å². The molecule has 4 nitrogen and oxygen atoms in total. The number of rotatable bonds is 9. The van der Waals surface area contributed by atoms with E-state index < -0.39 is 13.3 Å². The van der Waals surface area contributed by atoms with Crippen molar-refractivity contribution in [3.05, 3.63) is 28.8 Å². The van der Waals surface area contributed by atoms with E-state index in [-0.39, 0.29) is 0 Å². The zero-order valence-electron chi connectivity index (χ0n) is 13.9. The van der Waals surface area contributed by atoms with E-state index in [1.807, 2.05) is 0 Å². The van der Waals surface area contributed by atoms with Gasteiger partial charge in [0.25, 0.3) is 0 Å². The Balaban J connectivity index is 3.28. The molecule has 0 saturated heterocycles.